The number of fused-ring (bicyclic) bond motifs is 1. The monoisotopic (exact) mass is 488 g/mol. The summed E-state index contributed by atoms with van der Waals surface area (Å²) in [6.45, 7) is 6.47. The minimum absolute atomic E-state index is 0.0749. The number of rotatable bonds is 8. The van der Waals surface area contributed by atoms with E-state index in [1.54, 1.807) is 18.2 Å². The van der Waals surface area contributed by atoms with Crippen molar-refractivity contribution in [2.45, 2.75) is 42.2 Å². The maximum absolute atomic E-state index is 13.0. The largest absolute Gasteiger partial charge is 0.379 e. The Morgan fingerprint density at radius 2 is 1.91 bits per heavy atom. The summed E-state index contributed by atoms with van der Waals surface area (Å²) in [4.78, 5) is 17.5. The van der Waals surface area contributed by atoms with Crippen molar-refractivity contribution < 1.29 is 17.9 Å². The molecule has 1 amide bonds. The van der Waals surface area contributed by atoms with Gasteiger partial charge in [-0.1, -0.05) is 42.1 Å². The molecule has 0 bridgehead atoms. The van der Waals surface area contributed by atoms with Crippen LogP contribution in [0.25, 0.3) is 11.0 Å². The lowest BCUT2D eigenvalue weighted by Crippen LogP contribution is -2.40. The molecule has 0 aliphatic carbocycles. The van der Waals surface area contributed by atoms with Gasteiger partial charge in [-0.05, 0) is 37.6 Å². The minimum Gasteiger partial charge on any atom is -0.379 e. The van der Waals surface area contributed by atoms with E-state index in [-0.39, 0.29) is 16.1 Å². The van der Waals surface area contributed by atoms with Gasteiger partial charge < -0.3 is 14.6 Å². The fourth-order valence-corrected chi connectivity index (χ4v) is 6.16. The van der Waals surface area contributed by atoms with E-state index >= 15 is 0 Å². The van der Waals surface area contributed by atoms with E-state index in [1.807, 2.05) is 48.7 Å². The number of carbonyl (C=O) groups excluding carboxylic acids is 1. The Morgan fingerprint density at radius 1 is 1.18 bits per heavy atom. The number of hydrogen-bond acceptors (Lipinski definition) is 6. The summed E-state index contributed by atoms with van der Waals surface area (Å²) >= 11 is 1.37. The van der Waals surface area contributed by atoms with Crippen molar-refractivity contribution in [1.82, 2.24) is 19.2 Å². The fourth-order valence-electron chi connectivity index (χ4n) is 3.72. The first-order chi connectivity index (χ1) is 15.9. The molecule has 3 aromatic rings. The van der Waals surface area contributed by atoms with Crippen LogP contribution in [0.1, 0.15) is 19.4 Å². The second-order valence-corrected chi connectivity index (χ2v) is 11.0. The minimum atomic E-state index is -3.60. The number of imidazole rings is 1. The quantitative estimate of drug-likeness (QED) is 0.490. The van der Waals surface area contributed by atoms with Crippen LogP contribution in [-0.4, -0.2) is 59.7 Å². The van der Waals surface area contributed by atoms with Gasteiger partial charge in [0.15, 0.2) is 5.16 Å². The van der Waals surface area contributed by atoms with Gasteiger partial charge in [-0.2, -0.15) is 4.31 Å². The molecule has 1 saturated heterocycles. The number of aryl methyl sites for hydroxylation is 1. The second kappa shape index (κ2) is 10.3. The fraction of sp³-hybridized carbons (Fsp3) is 0.391. The third kappa shape index (κ3) is 5.24. The van der Waals surface area contributed by atoms with Gasteiger partial charge >= 0.3 is 0 Å². The lowest BCUT2D eigenvalue weighted by Gasteiger charge is -2.26. The van der Waals surface area contributed by atoms with Crippen LogP contribution < -0.4 is 5.32 Å². The van der Waals surface area contributed by atoms with E-state index in [2.05, 4.69) is 10.3 Å². The van der Waals surface area contributed by atoms with Gasteiger partial charge in [-0.15, -0.1) is 0 Å². The Hall–Kier alpha value is -2.40. The number of aromatic nitrogens is 2. The van der Waals surface area contributed by atoms with Gasteiger partial charge in [-0.25, -0.2) is 13.4 Å². The number of thioether (sulfide) groups is 1. The molecule has 176 valence electrons. The Kier molecular flexibility index (Phi) is 7.38. The SMILES string of the molecule is CCn1c(S[C@H](C)C(=O)NCc2ccccc2)nc2cc(S(=O)(=O)N3CCOCC3)ccc21. The number of benzene rings is 2. The summed E-state index contributed by atoms with van der Waals surface area (Å²) in [5.74, 6) is -0.0749. The molecule has 1 aliphatic rings. The molecule has 33 heavy (non-hydrogen) atoms. The first-order valence-electron chi connectivity index (χ1n) is 11.0. The first-order valence-corrected chi connectivity index (χ1v) is 13.3. The van der Waals surface area contributed by atoms with Crippen LogP contribution in [-0.2, 0) is 32.6 Å². The molecule has 1 N–H and O–H groups in total. The molecular formula is C23H28N4O4S2. The van der Waals surface area contributed by atoms with Crippen molar-refractivity contribution in [2.75, 3.05) is 26.3 Å². The van der Waals surface area contributed by atoms with Crippen molar-refractivity contribution in [3.05, 3.63) is 54.1 Å². The van der Waals surface area contributed by atoms with Crippen LogP contribution in [0.2, 0.25) is 0 Å². The Morgan fingerprint density at radius 3 is 2.61 bits per heavy atom. The Labute approximate surface area is 198 Å². The maximum Gasteiger partial charge on any atom is 0.243 e. The van der Waals surface area contributed by atoms with E-state index in [0.29, 0.717) is 50.1 Å². The predicted octanol–water partition coefficient (Wildman–Crippen LogP) is 2.87. The van der Waals surface area contributed by atoms with Crippen LogP contribution in [0.5, 0.6) is 0 Å². The first kappa shape index (κ1) is 23.7. The molecule has 2 heterocycles. The molecule has 0 radical (unpaired) electrons. The van der Waals surface area contributed by atoms with E-state index < -0.39 is 10.0 Å². The van der Waals surface area contributed by atoms with E-state index in [4.69, 9.17) is 4.74 Å². The molecule has 8 nitrogen and oxygen atoms in total. The van der Waals surface area contributed by atoms with E-state index in [1.165, 1.54) is 16.1 Å². The topological polar surface area (TPSA) is 93.5 Å². The summed E-state index contributed by atoms with van der Waals surface area (Å²) in [5.41, 5.74) is 2.49. The highest BCUT2D eigenvalue weighted by Crippen LogP contribution is 2.29. The lowest BCUT2D eigenvalue weighted by molar-refractivity contribution is -0.120. The van der Waals surface area contributed by atoms with Gasteiger partial charge in [0.25, 0.3) is 0 Å². The Balaban J connectivity index is 1.52. The number of nitrogens with one attached hydrogen (secondary N) is 1. The molecule has 0 unspecified atom stereocenters. The molecular weight excluding hydrogens is 460 g/mol. The normalized spacial score (nSPS) is 16.1. The summed E-state index contributed by atoms with van der Waals surface area (Å²) < 4.78 is 34.8. The summed E-state index contributed by atoms with van der Waals surface area (Å²) in [6, 6.07) is 14.8. The second-order valence-electron chi connectivity index (χ2n) is 7.77. The molecule has 1 fully saturated rings. The highest BCUT2D eigenvalue weighted by atomic mass is 32.2. The molecule has 2 aromatic carbocycles. The molecule has 1 aromatic heterocycles. The predicted molar refractivity (Wildman–Crippen MR) is 129 cm³/mol. The number of hydrogen-bond donors (Lipinski definition) is 1. The van der Waals surface area contributed by atoms with E-state index in [9.17, 15) is 13.2 Å². The van der Waals surface area contributed by atoms with Crippen LogP contribution in [0.3, 0.4) is 0 Å². The smallest absolute Gasteiger partial charge is 0.243 e. The van der Waals surface area contributed by atoms with Crippen molar-refractivity contribution >= 4 is 38.7 Å². The number of amides is 1. The zero-order valence-electron chi connectivity index (χ0n) is 18.7. The number of morpholine rings is 1. The lowest BCUT2D eigenvalue weighted by atomic mass is 10.2. The Bertz CT molecular complexity index is 1220. The van der Waals surface area contributed by atoms with Crippen LogP contribution >= 0.6 is 11.8 Å². The number of nitrogens with zero attached hydrogens (tertiary/aromatic N) is 3. The highest BCUT2D eigenvalue weighted by molar-refractivity contribution is 8.00. The third-order valence-electron chi connectivity index (χ3n) is 5.57. The molecule has 1 atom stereocenters. The van der Waals surface area contributed by atoms with Gasteiger partial charge in [0, 0.05) is 26.2 Å². The standard InChI is InChI=1S/C23H28N4O4S2/c1-3-27-21-10-9-19(33(29,30)26-11-13-31-14-12-26)15-20(21)25-23(27)32-17(2)22(28)24-16-18-7-5-4-6-8-18/h4-10,15,17H,3,11-14,16H2,1-2H3,(H,24,28)/t17-/m1/s1. The van der Waals surface area contributed by atoms with Crippen molar-refractivity contribution in [3.8, 4) is 0 Å². The summed E-state index contributed by atoms with van der Waals surface area (Å²) in [7, 11) is -3.60. The average molecular weight is 489 g/mol. The number of ether oxygens (including phenoxy) is 1. The van der Waals surface area contributed by atoms with Crippen molar-refractivity contribution in [2.24, 2.45) is 0 Å². The van der Waals surface area contributed by atoms with E-state index in [0.717, 1.165) is 11.1 Å². The van der Waals surface area contributed by atoms with Crippen LogP contribution in [0, 0.1) is 0 Å². The molecule has 10 heteroatoms. The molecule has 0 spiro atoms. The van der Waals surface area contributed by atoms with Gasteiger partial charge in [-0.3, -0.25) is 4.79 Å². The third-order valence-corrected chi connectivity index (χ3v) is 8.55. The van der Waals surface area contributed by atoms with Gasteiger partial charge in [0.1, 0.15) is 0 Å². The highest BCUT2D eigenvalue weighted by Gasteiger charge is 2.27. The molecule has 0 saturated carbocycles. The average Bonchev–Trinajstić information content (AvgIpc) is 3.19. The van der Waals surface area contributed by atoms with Crippen molar-refractivity contribution in [1.29, 1.82) is 0 Å². The van der Waals surface area contributed by atoms with Crippen LogP contribution in [0.4, 0.5) is 0 Å². The molecule has 4 rings (SSSR count). The summed E-state index contributed by atoms with van der Waals surface area (Å²) in [6.07, 6.45) is 0. The van der Waals surface area contributed by atoms with Crippen molar-refractivity contribution in [3.63, 3.8) is 0 Å². The zero-order chi connectivity index (χ0) is 23.4. The molecule has 1 aliphatic heterocycles. The maximum atomic E-state index is 13.0. The summed E-state index contributed by atoms with van der Waals surface area (Å²) in [5, 5.41) is 3.30. The zero-order valence-corrected chi connectivity index (χ0v) is 20.4. The van der Waals surface area contributed by atoms with Gasteiger partial charge in [0.2, 0.25) is 15.9 Å². The number of carbonyl (C=O) groups is 1. The van der Waals surface area contributed by atoms with Crippen LogP contribution in [0.15, 0.2) is 58.6 Å². The number of sulfonamides is 1. The van der Waals surface area contributed by atoms with Gasteiger partial charge in [0.05, 0.1) is 34.4 Å².